The fourth-order valence-corrected chi connectivity index (χ4v) is 4.19. The van der Waals surface area contributed by atoms with E-state index in [-0.39, 0.29) is 10.8 Å². The van der Waals surface area contributed by atoms with Gasteiger partial charge in [0.05, 0.1) is 16.0 Å². The quantitative estimate of drug-likeness (QED) is 0.634. The van der Waals surface area contributed by atoms with Gasteiger partial charge in [-0.2, -0.15) is 0 Å². The Labute approximate surface area is 102 Å². The van der Waals surface area contributed by atoms with Crippen LogP contribution in [0.3, 0.4) is 0 Å². The average Bonchev–Trinajstić information content (AvgIpc) is 2.73. The highest BCUT2D eigenvalue weighted by atomic mass is 35.5. The van der Waals surface area contributed by atoms with Crippen molar-refractivity contribution in [2.75, 3.05) is 11.6 Å². The summed E-state index contributed by atoms with van der Waals surface area (Å²) in [4.78, 5) is 7.88. The van der Waals surface area contributed by atoms with Crippen LogP contribution in [-0.4, -0.2) is 30.0 Å². The molecule has 0 radical (unpaired) electrons. The average molecular weight is 277 g/mol. The molecule has 0 bridgehead atoms. The molecule has 0 aliphatic rings. The number of halogens is 1. The summed E-state index contributed by atoms with van der Waals surface area (Å²) in [5.41, 5.74) is 0.671. The van der Waals surface area contributed by atoms with E-state index in [9.17, 15) is 8.42 Å². The summed E-state index contributed by atoms with van der Waals surface area (Å²) in [6, 6.07) is 1.78. The van der Waals surface area contributed by atoms with Gasteiger partial charge in [-0.15, -0.1) is 22.9 Å². The number of alkyl halides is 1. The Morgan fingerprint density at radius 1 is 1.38 bits per heavy atom. The standard InChI is InChI=1S/C9H9ClN2O2S2/c10-3-1-5-16(13,14)9-8-7(2-4-15-8)11-6-12-9/h2,4,6H,1,3,5H2. The molecule has 7 heteroatoms. The monoisotopic (exact) mass is 276 g/mol. The van der Waals surface area contributed by atoms with E-state index in [4.69, 9.17) is 11.6 Å². The summed E-state index contributed by atoms with van der Waals surface area (Å²) in [5, 5.41) is 1.93. The fourth-order valence-electron chi connectivity index (χ4n) is 1.33. The molecule has 0 atom stereocenters. The maximum absolute atomic E-state index is 12.0. The van der Waals surface area contributed by atoms with Gasteiger partial charge in [0.25, 0.3) is 0 Å². The van der Waals surface area contributed by atoms with Crippen LogP contribution in [0.25, 0.3) is 10.2 Å². The minimum atomic E-state index is -3.34. The second kappa shape index (κ2) is 4.65. The fraction of sp³-hybridized carbons (Fsp3) is 0.333. The van der Waals surface area contributed by atoms with Gasteiger partial charge in [0.2, 0.25) is 0 Å². The summed E-state index contributed by atoms with van der Waals surface area (Å²) >= 11 is 6.83. The first-order valence-electron chi connectivity index (χ1n) is 4.62. The van der Waals surface area contributed by atoms with Crippen molar-refractivity contribution >= 4 is 43.0 Å². The summed E-state index contributed by atoms with van der Waals surface area (Å²) in [5.74, 6) is 0.360. The molecule has 2 rings (SSSR count). The summed E-state index contributed by atoms with van der Waals surface area (Å²) in [6.07, 6.45) is 1.71. The van der Waals surface area contributed by atoms with Crippen LogP contribution in [0.15, 0.2) is 22.8 Å². The molecule has 0 unspecified atom stereocenters. The second-order valence-electron chi connectivity index (χ2n) is 3.18. The van der Waals surface area contributed by atoms with Crippen molar-refractivity contribution in [1.82, 2.24) is 9.97 Å². The van der Waals surface area contributed by atoms with Crippen molar-refractivity contribution in [3.63, 3.8) is 0 Å². The van der Waals surface area contributed by atoms with Gasteiger partial charge in [0.1, 0.15) is 6.33 Å². The lowest BCUT2D eigenvalue weighted by Crippen LogP contribution is -2.09. The first-order chi connectivity index (χ1) is 7.65. The molecule has 0 aromatic carbocycles. The zero-order valence-corrected chi connectivity index (χ0v) is 10.6. The van der Waals surface area contributed by atoms with Crippen LogP contribution in [0.4, 0.5) is 0 Å². The molecule has 4 nitrogen and oxygen atoms in total. The number of aromatic nitrogens is 2. The van der Waals surface area contributed by atoms with Crippen LogP contribution < -0.4 is 0 Å². The van der Waals surface area contributed by atoms with Crippen LogP contribution >= 0.6 is 22.9 Å². The zero-order valence-electron chi connectivity index (χ0n) is 8.26. The van der Waals surface area contributed by atoms with Gasteiger partial charge in [0.15, 0.2) is 14.9 Å². The highest BCUT2D eigenvalue weighted by Crippen LogP contribution is 2.25. The molecule has 2 aromatic heterocycles. The van der Waals surface area contributed by atoms with Gasteiger partial charge >= 0.3 is 0 Å². The predicted octanol–water partition coefficient (Wildman–Crippen LogP) is 2.09. The van der Waals surface area contributed by atoms with Crippen LogP contribution in [0.2, 0.25) is 0 Å². The largest absolute Gasteiger partial charge is 0.235 e. The van der Waals surface area contributed by atoms with E-state index < -0.39 is 9.84 Å². The normalized spacial score (nSPS) is 12.1. The van der Waals surface area contributed by atoms with Gasteiger partial charge in [-0.3, -0.25) is 0 Å². The molecule has 0 saturated heterocycles. The van der Waals surface area contributed by atoms with Gasteiger partial charge in [0, 0.05) is 5.88 Å². The van der Waals surface area contributed by atoms with E-state index >= 15 is 0 Å². The lowest BCUT2D eigenvalue weighted by molar-refractivity contribution is 0.592. The van der Waals surface area contributed by atoms with Crippen molar-refractivity contribution in [2.24, 2.45) is 0 Å². The topological polar surface area (TPSA) is 59.9 Å². The Balaban J connectivity index is 2.50. The lowest BCUT2D eigenvalue weighted by atomic mass is 10.5. The SMILES string of the molecule is O=S(=O)(CCCCl)c1ncnc2ccsc12. The van der Waals surface area contributed by atoms with Crippen molar-refractivity contribution in [1.29, 1.82) is 0 Å². The molecular formula is C9H9ClN2O2S2. The van der Waals surface area contributed by atoms with Crippen LogP contribution in [0.5, 0.6) is 0 Å². The molecule has 0 N–H and O–H groups in total. The number of hydrogen-bond donors (Lipinski definition) is 0. The zero-order chi connectivity index (χ0) is 11.6. The molecule has 0 aliphatic carbocycles. The maximum atomic E-state index is 12.0. The van der Waals surface area contributed by atoms with Crippen LogP contribution in [0, 0.1) is 0 Å². The molecule has 16 heavy (non-hydrogen) atoms. The maximum Gasteiger partial charge on any atom is 0.197 e. The minimum Gasteiger partial charge on any atom is -0.235 e. The molecule has 0 spiro atoms. The minimum absolute atomic E-state index is 0.0283. The van der Waals surface area contributed by atoms with Gasteiger partial charge in [-0.1, -0.05) is 0 Å². The number of fused-ring (bicyclic) bond motifs is 1. The van der Waals surface area contributed by atoms with Gasteiger partial charge < -0.3 is 0 Å². The summed E-state index contributed by atoms with van der Waals surface area (Å²) in [6.45, 7) is 0. The molecule has 86 valence electrons. The van der Waals surface area contributed by atoms with Crippen LogP contribution in [-0.2, 0) is 9.84 Å². The predicted molar refractivity (Wildman–Crippen MR) is 64.8 cm³/mol. The second-order valence-corrected chi connectivity index (χ2v) is 6.49. The van der Waals surface area contributed by atoms with E-state index in [1.807, 2.05) is 0 Å². The first-order valence-corrected chi connectivity index (χ1v) is 7.69. The van der Waals surface area contributed by atoms with E-state index in [1.165, 1.54) is 17.7 Å². The molecule has 0 fully saturated rings. The van der Waals surface area contributed by atoms with Crippen molar-refractivity contribution < 1.29 is 8.42 Å². The highest BCUT2D eigenvalue weighted by molar-refractivity contribution is 7.91. The molecule has 2 aromatic rings. The van der Waals surface area contributed by atoms with Crippen molar-refractivity contribution in [2.45, 2.75) is 11.4 Å². The summed E-state index contributed by atoms with van der Waals surface area (Å²) < 4.78 is 24.5. The Hall–Kier alpha value is -0.720. The smallest absolute Gasteiger partial charge is 0.197 e. The van der Waals surface area contributed by atoms with Crippen molar-refractivity contribution in [3.8, 4) is 0 Å². The molecule has 0 aliphatic heterocycles. The Bertz CT molecular complexity index is 594. The Kier molecular flexibility index (Phi) is 3.41. The molecular weight excluding hydrogens is 268 g/mol. The number of rotatable bonds is 4. The number of thiophene rings is 1. The number of sulfone groups is 1. The van der Waals surface area contributed by atoms with E-state index in [1.54, 1.807) is 11.4 Å². The Morgan fingerprint density at radius 2 is 2.19 bits per heavy atom. The van der Waals surface area contributed by atoms with Gasteiger partial charge in [-0.05, 0) is 17.9 Å². The molecule has 0 saturated carbocycles. The highest BCUT2D eigenvalue weighted by Gasteiger charge is 2.19. The molecule has 0 amide bonds. The summed E-state index contributed by atoms with van der Waals surface area (Å²) in [7, 11) is -3.34. The molecule has 2 heterocycles. The van der Waals surface area contributed by atoms with Gasteiger partial charge in [-0.25, -0.2) is 18.4 Å². The van der Waals surface area contributed by atoms with E-state index in [0.717, 1.165) is 0 Å². The third kappa shape index (κ3) is 2.18. The van der Waals surface area contributed by atoms with Crippen LogP contribution in [0.1, 0.15) is 6.42 Å². The number of nitrogens with zero attached hydrogens (tertiary/aromatic N) is 2. The lowest BCUT2D eigenvalue weighted by Gasteiger charge is -2.02. The van der Waals surface area contributed by atoms with E-state index in [0.29, 0.717) is 22.5 Å². The Morgan fingerprint density at radius 3 is 2.94 bits per heavy atom. The third-order valence-corrected chi connectivity index (χ3v) is 5.08. The van der Waals surface area contributed by atoms with Crippen molar-refractivity contribution in [3.05, 3.63) is 17.8 Å². The third-order valence-electron chi connectivity index (χ3n) is 2.05. The number of hydrogen-bond acceptors (Lipinski definition) is 5. The van der Waals surface area contributed by atoms with E-state index in [2.05, 4.69) is 9.97 Å². The first kappa shape index (κ1) is 11.8.